The van der Waals surface area contributed by atoms with Gasteiger partial charge in [0.1, 0.15) is 11.9 Å². The van der Waals surface area contributed by atoms with Crippen LogP contribution in [0.4, 0.5) is 4.39 Å². The minimum atomic E-state index is -0.777. The Hall–Kier alpha value is -1.61. The average molecular weight is 205 g/mol. The van der Waals surface area contributed by atoms with E-state index in [-0.39, 0.29) is 5.82 Å². The quantitative estimate of drug-likeness (QED) is 0.799. The number of hydrogen-bond donors (Lipinski definition) is 1. The molecule has 0 saturated carbocycles. The molecule has 0 unspecified atom stereocenters. The number of nitrogens with zero attached hydrogens (tertiary/aromatic N) is 1. The van der Waals surface area contributed by atoms with Gasteiger partial charge in [0.15, 0.2) is 0 Å². The predicted octanol–water partition coefficient (Wildman–Crippen LogP) is 2.25. The molecule has 2 rings (SSSR count). The summed E-state index contributed by atoms with van der Waals surface area (Å²) in [6.45, 7) is 0. The van der Waals surface area contributed by atoms with E-state index >= 15 is 0 Å². The fourth-order valence-corrected chi connectivity index (χ4v) is 1.61. The topological polar surface area (TPSA) is 25.2 Å². The lowest BCUT2D eigenvalue weighted by Crippen LogP contribution is -2.05. The maximum absolute atomic E-state index is 13.0. The van der Waals surface area contributed by atoms with Crippen molar-refractivity contribution in [1.82, 2.24) is 4.57 Å². The van der Waals surface area contributed by atoms with Crippen LogP contribution in [0.25, 0.3) is 0 Å². The molecule has 1 atom stereocenters. The van der Waals surface area contributed by atoms with Crippen LogP contribution in [0, 0.1) is 5.82 Å². The zero-order valence-electron chi connectivity index (χ0n) is 8.39. The maximum atomic E-state index is 13.0. The Morgan fingerprint density at radius 2 is 2.07 bits per heavy atom. The first kappa shape index (κ1) is 9.93. The van der Waals surface area contributed by atoms with Crippen LogP contribution >= 0.6 is 0 Å². The number of halogens is 1. The van der Waals surface area contributed by atoms with Crippen molar-refractivity contribution in [1.29, 1.82) is 0 Å². The van der Waals surface area contributed by atoms with Gasteiger partial charge in [-0.05, 0) is 29.8 Å². The maximum Gasteiger partial charge on any atom is 0.123 e. The van der Waals surface area contributed by atoms with Crippen LogP contribution in [0.15, 0.2) is 42.6 Å². The predicted molar refractivity (Wildman–Crippen MR) is 55.9 cm³/mol. The average Bonchev–Trinajstić information content (AvgIpc) is 2.63. The van der Waals surface area contributed by atoms with Gasteiger partial charge in [0.2, 0.25) is 0 Å². The summed E-state index contributed by atoms with van der Waals surface area (Å²) in [7, 11) is 1.85. The van der Waals surface area contributed by atoms with Gasteiger partial charge in [0, 0.05) is 13.2 Å². The van der Waals surface area contributed by atoms with E-state index in [0.29, 0.717) is 5.56 Å². The number of aromatic nitrogens is 1. The number of aliphatic hydroxyl groups is 1. The van der Waals surface area contributed by atoms with Gasteiger partial charge in [0.25, 0.3) is 0 Å². The van der Waals surface area contributed by atoms with Crippen molar-refractivity contribution in [3.63, 3.8) is 0 Å². The molecule has 0 amide bonds. The van der Waals surface area contributed by atoms with Gasteiger partial charge >= 0.3 is 0 Å². The SMILES string of the molecule is Cn1cccc1[C@H](O)c1cccc(F)c1. The van der Waals surface area contributed by atoms with Crippen LogP contribution < -0.4 is 0 Å². The number of hydrogen-bond acceptors (Lipinski definition) is 1. The third-order valence-corrected chi connectivity index (χ3v) is 2.43. The smallest absolute Gasteiger partial charge is 0.123 e. The van der Waals surface area contributed by atoms with E-state index in [2.05, 4.69) is 0 Å². The van der Waals surface area contributed by atoms with Gasteiger partial charge < -0.3 is 9.67 Å². The van der Waals surface area contributed by atoms with Gasteiger partial charge in [0.05, 0.1) is 5.69 Å². The van der Waals surface area contributed by atoms with E-state index in [1.54, 1.807) is 12.1 Å². The summed E-state index contributed by atoms with van der Waals surface area (Å²) in [4.78, 5) is 0. The molecular weight excluding hydrogens is 193 g/mol. The molecule has 1 aromatic carbocycles. The van der Waals surface area contributed by atoms with E-state index < -0.39 is 6.10 Å². The zero-order chi connectivity index (χ0) is 10.8. The van der Waals surface area contributed by atoms with Crippen LogP contribution in [0.3, 0.4) is 0 Å². The van der Waals surface area contributed by atoms with Crippen LogP contribution in [0.1, 0.15) is 17.4 Å². The van der Waals surface area contributed by atoms with Crippen molar-refractivity contribution < 1.29 is 9.50 Å². The molecule has 1 N–H and O–H groups in total. The molecule has 2 nitrogen and oxygen atoms in total. The molecule has 0 aliphatic heterocycles. The summed E-state index contributed by atoms with van der Waals surface area (Å²) in [6, 6.07) is 9.67. The molecule has 1 heterocycles. The molecule has 2 aromatic rings. The normalized spacial score (nSPS) is 12.7. The number of aryl methyl sites for hydroxylation is 1. The van der Waals surface area contributed by atoms with E-state index in [1.165, 1.54) is 12.1 Å². The van der Waals surface area contributed by atoms with Gasteiger partial charge in [-0.15, -0.1) is 0 Å². The summed E-state index contributed by atoms with van der Waals surface area (Å²) < 4.78 is 14.8. The van der Waals surface area contributed by atoms with Crippen LogP contribution in [-0.4, -0.2) is 9.67 Å². The molecule has 15 heavy (non-hydrogen) atoms. The van der Waals surface area contributed by atoms with Crippen LogP contribution in [0.2, 0.25) is 0 Å². The Morgan fingerprint density at radius 1 is 1.27 bits per heavy atom. The highest BCUT2D eigenvalue weighted by atomic mass is 19.1. The van der Waals surface area contributed by atoms with Crippen molar-refractivity contribution in [2.75, 3.05) is 0 Å². The lowest BCUT2D eigenvalue weighted by molar-refractivity contribution is 0.211. The standard InChI is InChI=1S/C12H12FNO/c1-14-7-3-6-11(14)12(15)9-4-2-5-10(13)8-9/h2-8,12,15H,1H3/t12-/m1/s1. The van der Waals surface area contributed by atoms with Crippen molar-refractivity contribution in [2.24, 2.45) is 7.05 Å². The third kappa shape index (κ3) is 1.92. The summed E-state index contributed by atoms with van der Waals surface area (Å²) in [5.41, 5.74) is 1.32. The Morgan fingerprint density at radius 3 is 2.67 bits per heavy atom. The van der Waals surface area contributed by atoms with Gasteiger partial charge in [-0.3, -0.25) is 0 Å². The lowest BCUT2D eigenvalue weighted by atomic mass is 10.1. The van der Waals surface area contributed by atoms with E-state index in [0.717, 1.165) is 5.69 Å². The van der Waals surface area contributed by atoms with Gasteiger partial charge in [-0.1, -0.05) is 12.1 Å². The zero-order valence-corrected chi connectivity index (χ0v) is 8.39. The van der Waals surface area contributed by atoms with E-state index in [4.69, 9.17) is 0 Å². The highest BCUT2D eigenvalue weighted by Crippen LogP contribution is 2.22. The molecule has 1 aromatic heterocycles. The highest BCUT2D eigenvalue weighted by molar-refractivity contribution is 5.26. The minimum absolute atomic E-state index is 0.333. The Labute approximate surface area is 87.6 Å². The number of benzene rings is 1. The first-order valence-corrected chi connectivity index (χ1v) is 4.73. The Kier molecular flexibility index (Phi) is 2.56. The molecule has 0 aliphatic carbocycles. The summed E-state index contributed by atoms with van der Waals surface area (Å²) >= 11 is 0. The molecule has 78 valence electrons. The summed E-state index contributed by atoms with van der Waals surface area (Å²) in [6.07, 6.45) is 1.07. The molecule has 0 radical (unpaired) electrons. The van der Waals surface area contributed by atoms with Crippen LogP contribution in [-0.2, 0) is 7.05 Å². The van der Waals surface area contributed by atoms with E-state index in [9.17, 15) is 9.50 Å². The largest absolute Gasteiger partial charge is 0.382 e. The molecule has 0 saturated heterocycles. The first-order chi connectivity index (χ1) is 7.18. The lowest BCUT2D eigenvalue weighted by Gasteiger charge is -2.12. The Bertz CT molecular complexity index is 464. The van der Waals surface area contributed by atoms with Crippen molar-refractivity contribution >= 4 is 0 Å². The second-order valence-electron chi connectivity index (χ2n) is 3.50. The first-order valence-electron chi connectivity index (χ1n) is 4.73. The second kappa shape index (κ2) is 3.87. The summed E-state index contributed by atoms with van der Waals surface area (Å²) in [5, 5.41) is 10.00. The second-order valence-corrected chi connectivity index (χ2v) is 3.50. The molecule has 0 fully saturated rings. The highest BCUT2D eigenvalue weighted by Gasteiger charge is 2.13. The number of aliphatic hydroxyl groups excluding tert-OH is 1. The Balaban J connectivity index is 2.36. The molecule has 0 bridgehead atoms. The molecular formula is C12H12FNO. The molecule has 3 heteroatoms. The fraction of sp³-hybridized carbons (Fsp3) is 0.167. The minimum Gasteiger partial charge on any atom is -0.382 e. The van der Waals surface area contributed by atoms with Crippen molar-refractivity contribution in [3.05, 3.63) is 59.7 Å². The van der Waals surface area contributed by atoms with Crippen molar-refractivity contribution in [2.45, 2.75) is 6.10 Å². The van der Waals surface area contributed by atoms with Gasteiger partial charge in [-0.25, -0.2) is 4.39 Å². The van der Waals surface area contributed by atoms with E-state index in [1.807, 2.05) is 29.9 Å². The monoisotopic (exact) mass is 205 g/mol. The van der Waals surface area contributed by atoms with Gasteiger partial charge in [-0.2, -0.15) is 0 Å². The molecule has 0 aliphatic rings. The third-order valence-electron chi connectivity index (χ3n) is 2.43. The van der Waals surface area contributed by atoms with Crippen LogP contribution in [0.5, 0.6) is 0 Å². The van der Waals surface area contributed by atoms with Crippen molar-refractivity contribution in [3.8, 4) is 0 Å². The molecule has 0 spiro atoms. The number of rotatable bonds is 2. The fourth-order valence-electron chi connectivity index (χ4n) is 1.61. The summed E-state index contributed by atoms with van der Waals surface area (Å²) in [5.74, 6) is -0.333.